The van der Waals surface area contributed by atoms with Crippen LogP contribution in [-0.2, 0) is 9.53 Å². The van der Waals surface area contributed by atoms with Crippen LogP contribution in [0, 0.1) is 0 Å². The lowest BCUT2D eigenvalue weighted by Crippen LogP contribution is -2.36. The molecule has 0 unspecified atom stereocenters. The summed E-state index contributed by atoms with van der Waals surface area (Å²) in [6.07, 6.45) is 7.11. The summed E-state index contributed by atoms with van der Waals surface area (Å²) in [6, 6.07) is 0. The first kappa shape index (κ1) is 17.5. The number of thioether (sulfide) groups is 1. The van der Waals surface area contributed by atoms with Crippen molar-refractivity contribution in [2.75, 3.05) is 26.5 Å². The number of nitrogens with one attached hydrogen (secondary N) is 1. The molecule has 0 aliphatic carbocycles. The molecule has 18 heavy (non-hydrogen) atoms. The number of hydrogen-bond acceptors (Lipinski definition) is 4. The van der Waals surface area contributed by atoms with Gasteiger partial charge in [0.05, 0.1) is 7.11 Å². The summed E-state index contributed by atoms with van der Waals surface area (Å²) in [4.78, 5) is 11.4. The summed E-state index contributed by atoms with van der Waals surface area (Å²) >= 11 is 1.92. The normalized spacial score (nSPS) is 12.6. The molecule has 0 aromatic carbocycles. The lowest BCUT2D eigenvalue weighted by molar-refractivity contribution is -0.136. The van der Waals surface area contributed by atoms with Crippen LogP contribution in [0.2, 0.25) is 0 Å². The van der Waals surface area contributed by atoms with E-state index >= 15 is 0 Å². The third-order valence-electron chi connectivity index (χ3n) is 3.49. The Morgan fingerprint density at radius 3 is 2.33 bits per heavy atom. The van der Waals surface area contributed by atoms with Gasteiger partial charge in [-0.05, 0) is 25.5 Å². The lowest BCUT2D eigenvalue weighted by atomic mass is 10.0. The molecule has 0 radical (unpaired) electrons. The average molecular weight is 273 g/mol. The molecular weight excluding hydrogens is 246 g/mol. The van der Waals surface area contributed by atoms with Gasteiger partial charge in [-0.1, -0.05) is 26.8 Å². The van der Waals surface area contributed by atoms with Crippen molar-refractivity contribution in [1.82, 2.24) is 5.32 Å². The molecule has 4 heteroatoms. The fraction of sp³-hybridized carbons (Fsp3) is 0.786. The van der Waals surface area contributed by atoms with Gasteiger partial charge in [0.15, 0.2) is 0 Å². The molecule has 0 spiro atoms. The Morgan fingerprint density at radius 1 is 1.33 bits per heavy atom. The number of hydrogen-bond donors (Lipinski definition) is 1. The summed E-state index contributed by atoms with van der Waals surface area (Å²) in [5, 5.41) is 3.42. The van der Waals surface area contributed by atoms with E-state index in [1.54, 1.807) is 0 Å². The zero-order valence-corrected chi connectivity index (χ0v) is 13.2. The van der Waals surface area contributed by atoms with Gasteiger partial charge in [0.2, 0.25) is 0 Å². The van der Waals surface area contributed by atoms with E-state index in [-0.39, 0.29) is 5.97 Å². The number of esters is 1. The molecule has 0 rings (SSSR count). The van der Waals surface area contributed by atoms with E-state index in [0.29, 0.717) is 11.2 Å². The van der Waals surface area contributed by atoms with Crippen LogP contribution in [0.1, 0.15) is 40.0 Å². The molecule has 0 fully saturated rings. The Hall–Kier alpha value is -0.480. The lowest BCUT2D eigenvalue weighted by Gasteiger charge is -2.29. The van der Waals surface area contributed by atoms with Crippen molar-refractivity contribution >= 4 is 17.7 Å². The van der Waals surface area contributed by atoms with Crippen LogP contribution in [0.5, 0.6) is 0 Å². The summed E-state index contributed by atoms with van der Waals surface area (Å²) in [5.41, 5.74) is 0.743. The van der Waals surface area contributed by atoms with Crippen LogP contribution in [0.15, 0.2) is 11.6 Å². The van der Waals surface area contributed by atoms with Gasteiger partial charge in [-0.25, -0.2) is 4.79 Å². The van der Waals surface area contributed by atoms with E-state index in [1.807, 2.05) is 24.8 Å². The van der Waals surface area contributed by atoms with Gasteiger partial charge in [-0.15, -0.1) is 0 Å². The maximum atomic E-state index is 11.4. The number of rotatable bonds is 9. The van der Waals surface area contributed by atoms with Gasteiger partial charge < -0.3 is 10.1 Å². The van der Waals surface area contributed by atoms with Crippen molar-refractivity contribution in [3.8, 4) is 0 Å². The highest BCUT2D eigenvalue weighted by Crippen LogP contribution is 2.29. The monoisotopic (exact) mass is 273 g/mol. The van der Waals surface area contributed by atoms with Crippen LogP contribution < -0.4 is 5.32 Å². The first-order valence-corrected chi connectivity index (χ1v) is 7.84. The quantitative estimate of drug-likeness (QED) is 0.398. The molecule has 0 saturated heterocycles. The van der Waals surface area contributed by atoms with Gasteiger partial charge in [0.1, 0.15) is 0 Å². The maximum absolute atomic E-state index is 11.4. The highest BCUT2D eigenvalue weighted by atomic mass is 32.2. The van der Waals surface area contributed by atoms with Crippen molar-refractivity contribution < 1.29 is 9.53 Å². The largest absolute Gasteiger partial charge is 0.466 e. The highest BCUT2D eigenvalue weighted by Gasteiger charge is 2.23. The molecule has 106 valence electrons. The predicted octanol–water partition coefficient (Wildman–Crippen LogP) is 3.01. The van der Waals surface area contributed by atoms with Crippen LogP contribution >= 0.6 is 11.8 Å². The molecule has 0 aromatic heterocycles. The predicted molar refractivity (Wildman–Crippen MR) is 80.1 cm³/mol. The number of methoxy groups -OCH3 is 1. The van der Waals surface area contributed by atoms with E-state index in [4.69, 9.17) is 4.74 Å². The van der Waals surface area contributed by atoms with Gasteiger partial charge >= 0.3 is 5.97 Å². The molecule has 0 saturated carbocycles. The van der Waals surface area contributed by atoms with E-state index in [1.165, 1.54) is 7.11 Å². The maximum Gasteiger partial charge on any atom is 0.333 e. The van der Waals surface area contributed by atoms with Crippen LogP contribution in [0.25, 0.3) is 0 Å². The number of carbonyl (C=O) groups excluding carboxylic acids is 1. The molecule has 0 aromatic rings. The van der Waals surface area contributed by atoms with E-state index in [2.05, 4.69) is 25.4 Å². The van der Waals surface area contributed by atoms with Gasteiger partial charge in [0, 0.05) is 23.4 Å². The minimum absolute atomic E-state index is 0.221. The molecule has 0 atom stereocenters. The van der Waals surface area contributed by atoms with Crippen molar-refractivity contribution in [2.24, 2.45) is 0 Å². The Morgan fingerprint density at radius 2 is 1.94 bits per heavy atom. The van der Waals surface area contributed by atoms with E-state index in [9.17, 15) is 4.79 Å². The fourth-order valence-corrected chi connectivity index (χ4v) is 2.68. The van der Waals surface area contributed by atoms with Crippen molar-refractivity contribution in [2.45, 2.75) is 44.8 Å². The SMILES string of the molecule is CCC(=CCNCC(CC)(CC)SC)C(=O)OC. The molecule has 0 heterocycles. The number of ether oxygens (including phenoxy) is 1. The minimum Gasteiger partial charge on any atom is -0.466 e. The van der Waals surface area contributed by atoms with Crippen LogP contribution in [-0.4, -0.2) is 37.2 Å². The first-order chi connectivity index (χ1) is 8.59. The zero-order valence-electron chi connectivity index (χ0n) is 12.3. The zero-order chi connectivity index (χ0) is 14.0. The van der Waals surface area contributed by atoms with E-state index < -0.39 is 0 Å². The van der Waals surface area contributed by atoms with Gasteiger partial charge in [0.25, 0.3) is 0 Å². The van der Waals surface area contributed by atoms with Crippen LogP contribution in [0.3, 0.4) is 0 Å². The summed E-state index contributed by atoms with van der Waals surface area (Å²) in [6.45, 7) is 8.11. The standard InChI is InChI=1S/C14H27NO2S/c1-6-12(13(16)17-4)9-10-15-11-14(7-2,8-3)18-5/h9,15H,6-8,10-11H2,1-5H3. The molecule has 0 aliphatic heterocycles. The third-order valence-corrected chi connectivity index (χ3v) is 5.08. The minimum atomic E-state index is -0.221. The molecule has 0 amide bonds. The Bertz CT molecular complexity index is 265. The Kier molecular flexibility index (Phi) is 9.20. The third kappa shape index (κ3) is 5.44. The summed E-state index contributed by atoms with van der Waals surface area (Å²) in [5.74, 6) is -0.221. The van der Waals surface area contributed by atoms with Gasteiger partial charge in [-0.2, -0.15) is 11.8 Å². The summed E-state index contributed by atoms with van der Waals surface area (Å²) < 4.78 is 5.04. The Labute approximate surface area is 116 Å². The molecule has 3 nitrogen and oxygen atoms in total. The molecule has 0 aliphatic rings. The summed E-state index contributed by atoms with van der Waals surface area (Å²) in [7, 11) is 1.42. The topological polar surface area (TPSA) is 38.3 Å². The second-order valence-corrected chi connectivity index (χ2v) is 5.57. The van der Waals surface area contributed by atoms with Crippen molar-refractivity contribution in [1.29, 1.82) is 0 Å². The average Bonchev–Trinajstić information content (AvgIpc) is 2.43. The van der Waals surface area contributed by atoms with Gasteiger partial charge in [-0.3, -0.25) is 0 Å². The van der Waals surface area contributed by atoms with Crippen LogP contribution in [0.4, 0.5) is 0 Å². The van der Waals surface area contributed by atoms with Crippen molar-refractivity contribution in [3.05, 3.63) is 11.6 Å². The molecular formula is C14H27NO2S. The van der Waals surface area contributed by atoms with Crippen molar-refractivity contribution in [3.63, 3.8) is 0 Å². The second-order valence-electron chi connectivity index (χ2n) is 4.30. The smallest absolute Gasteiger partial charge is 0.333 e. The second kappa shape index (κ2) is 9.45. The molecule has 1 N–H and O–H groups in total. The Balaban J connectivity index is 4.25. The molecule has 0 bridgehead atoms. The first-order valence-electron chi connectivity index (χ1n) is 6.62. The fourth-order valence-electron chi connectivity index (χ4n) is 1.86. The highest BCUT2D eigenvalue weighted by molar-refractivity contribution is 8.00. The number of carbonyl (C=O) groups is 1. The van der Waals surface area contributed by atoms with E-state index in [0.717, 1.165) is 31.5 Å².